The Labute approximate surface area is 193 Å². The van der Waals surface area contributed by atoms with Crippen LogP contribution >= 0.6 is 11.3 Å². The van der Waals surface area contributed by atoms with Crippen molar-refractivity contribution >= 4 is 44.1 Å². The van der Waals surface area contributed by atoms with E-state index >= 15 is 0 Å². The van der Waals surface area contributed by atoms with E-state index in [4.69, 9.17) is 9.84 Å². The summed E-state index contributed by atoms with van der Waals surface area (Å²) in [5, 5.41) is 17.2. The average molecular weight is 490 g/mol. The third-order valence-corrected chi connectivity index (χ3v) is 6.60. The highest BCUT2D eigenvalue weighted by atomic mass is 32.2. The number of aliphatic carboxylic acids is 1. The van der Waals surface area contributed by atoms with Crippen molar-refractivity contribution in [2.75, 3.05) is 16.7 Å². The minimum atomic E-state index is -4.33. The molecule has 3 N–H and O–H groups in total. The van der Waals surface area contributed by atoms with Gasteiger partial charge in [-0.25, -0.2) is 9.78 Å². The molecule has 0 aliphatic carbocycles. The van der Waals surface area contributed by atoms with E-state index in [0.29, 0.717) is 28.0 Å². The highest BCUT2D eigenvalue weighted by Gasteiger charge is 2.32. The van der Waals surface area contributed by atoms with Gasteiger partial charge in [0.1, 0.15) is 5.75 Å². The highest BCUT2D eigenvalue weighted by Crippen LogP contribution is 2.32. The number of benzene rings is 2. The van der Waals surface area contributed by atoms with Gasteiger partial charge in [-0.1, -0.05) is 23.5 Å². The van der Waals surface area contributed by atoms with E-state index in [2.05, 4.69) is 15.6 Å². The minimum Gasteiger partial charge on any atom is -0.482 e. The number of carboxylic acid groups (broad SMARTS) is 1. The summed E-state index contributed by atoms with van der Waals surface area (Å²) in [6.07, 6.45) is 0. The number of hydrazone groups is 1. The van der Waals surface area contributed by atoms with Crippen LogP contribution in [0.1, 0.15) is 16.1 Å². The van der Waals surface area contributed by atoms with Gasteiger partial charge in [0.05, 0.1) is 16.3 Å². The maximum atomic E-state index is 11.4. The molecular formula is C20H19N5O6S2. The normalized spacial score (nSPS) is 13.6. The Morgan fingerprint density at radius 3 is 2.52 bits per heavy atom. The molecule has 172 valence electrons. The second-order valence-electron chi connectivity index (χ2n) is 6.98. The predicted molar refractivity (Wildman–Crippen MR) is 122 cm³/mol. The molecule has 1 aliphatic heterocycles. The van der Waals surface area contributed by atoms with Crippen LogP contribution < -0.4 is 20.4 Å². The lowest BCUT2D eigenvalue weighted by atomic mass is 10.2. The summed E-state index contributed by atoms with van der Waals surface area (Å²) in [6.45, 7) is 3.36. The number of hydrogen-bond acceptors (Lipinski definition) is 10. The van der Waals surface area contributed by atoms with Crippen molar-refractivity contribution in [3.05, 3.63) is 64.7 Å². The van der Waals surface area contributed by atoms with Gasteiger partial charge >= 0.3 is 5.97 Å². The van der Waals surface area contributed by atoms with Crippen molar-refractivity contribution in [2.45, 2.75) is 18.7 Å². The second-order valence-corrected chi connectivity index (χ2v) is 9.58. The number of nitrogens with zero attached hydrogens (tertiary/aromatic N) is 4. The molecule has 0 bridgehead atoms. The molecule has 2 heterocycles. The van der Waals surface area contributed by atoms with Crippen LogP contribution in [0.25, 0.3) is 0 Å². The van der Waals surface area contributed by atoms with Crippen LogP contribution in [0.3, 0.4) is 0 Å². The van der Waals surface area contributed by atoms with E-state index in [9.17, 15) is 17.8 Å². The van der Waals surface area contributed by atoms with E-state index < -0.39 is 22.7 Å². The quantitative estimate of drug-likeness (QED) is 0.423. The first-order chi connectivity index (χ1) is 15.6. The van der Waals surface area contributed by atoms with Gasteiger partial charge in [-0.15, -0.1) is 5.10 Å². The van der Waals surface area contributed by atoms with Crippen molar-refractivity contribution < 1.29 is 27.6 Å². The number of carbonyl (C=O) groups is 1. The summed E-state index contributed by atoms with van der Waals surface area (Å²) in [7, 11) is -4.33. The zero-order chi connectivity index (χ0) is 23.8. The van der Waals surface area contributed by atoms with Crippen molar-refractivity contribution in [3.63, 3.8) is 0 Å². The highest BCUT2D eigenvalue weighted by molar-refractivity contribution is 7.85. The van der Waals surface area contributed by atoms with Gasteiger partial charge in [-0.05, 0) is 50.2 Å². The summed E-state index contributed by atoms with van der Waals surface area (Å²) >= 11 is 1.44. The monoisotopic (exact) mass is 489 g/mol. The largest absolute Gasteiger partial charge is 0.482 e. The maximum absolute atomic E-state index is 11.4. The first-order valence-electron chi connectivity index (χ1n) is 9.53. The zero-order valence-corrected chi connectivity index (χ0v) is 19.1. The van der Waals surface area contributed by atoms with Gasteiger partial charge < -0.3 is 9.84 Å². The number of anilines is 2. The molecule has 0 unspecified atom stereocenters. The molecular weight excluding hydrogens is 470 g/mol. The fourth-order valence-electron chi connectivity index (χ4n) is 2.99. The minimum absolute atomic E-state index is 0.234. The standard InChI is InChI=1S/C20H19N5O6S2/c1-12-13(2)32-20(21-12)24-19(14-4-3-5-16(10-14)31-11-18(26)27)22-23-25(24)15-6-8-17(9-7-15)33(28,29)30/h3-10,23H,11H2,1-2H3,(H,26,27)(H,28,29,30). The number of amidine groups is 1. The summed E-state index contributed by atoms with van der Waals surface area (Å²) in [6, 6.07) is 12.4. The molecule has 4 rings (SSSR count). The molecule has 0 saturated carbocycles. The van der Waals surface area contributed by atoms with E-state index in [0.717, 1.165) is 10.6 Å². The number of thiazole rings is 1. The van der Waals surface area contributed by atoms with Crippen LogP contribution in [0.4, 0.5) is 10.8 Å². The molecule has 1 aromatic heterocycles. The van der Waals surface area contributed by atoms with Gasteiger partial charge in [0.25, 0.3) is 10.1 Å². The summed E-state index contributed by atoms with van der Waals surface area (Å²) < 4.78 is 37.3. The molecule has 33 heavy (non-hydrogen) atoms. The molecule has 13 heteroatoms. The summed E-state index contributed by atoms with van der Waals surface area (Å²) in [5.74, 6) is -0.265. The molecule has 0 amide bonds. The lowest BCUT2D eigenvalue weighted by molar-refractivity contribution is -0.139. The molecule has 2 aromatic carbocycles. The van der Waals surface area contributed by atoms with Crippen LogP contribution in [-0.4, -0.2) is 41.5 Å². The molecule has 0 saturated heterocycles. The molecule has 0 spiro atoms. The number of hydrogen-bond donors (Lipinski definition) is 3. The molecule has 0 atom stereocenters. The summed E-state index contributed by atoms with van der Waals surface area (Å²) in [5.41, 5.74) is 4.91. The van der Waals surface area contributed by atoms with Gasteiger partial charge in [-0.3, -0.25) is 4.55 Å². The molecule has 11 nitrogen and oxygen atoms in total. The van der Waals surface area contributed by atoms with Crippen LogP contribution in [0.2, 0.25) is 0 Å². The SMILES string of the molecule is Cc1nc(N2C(c3cccc(OCC(=O)O)c3)=NNN2c2ccc(S(=O)(=O)O)cc2)sc1C. The molecule has 0 radical (unpaired) electrons. The Morgan fingerprint density at radius 1 is 1.18 bits per heavy atom. The number of carboxylic acids is 1. The lowest BCUT2D eigenvalue weighted by Crippen LogP contribution is -2.46. The van der Waals surface area contributed by atoms with E-state index in [1.165, 1.54) is 35.6 Å². The van der Waals surface area contributed by atoms with Crippen molar-refractivity contribution in [3.8, 4) is 5.75 Å². The van der Waals surface area contributed by atoms with E-state index in [1.54, 1.807) is 34.4 Å². The van der Waals surface area contributed by atoms with Crippen molar-refractivity contribution in [1.29, 1.82) is 0 Å². The van der Waals surface area contributed by atoms with Gasteiger partial charge in [-0.2, -0.15) is 24.1 Å². The number of hydrazine groups is 2. The average Bonchev–Trinajstić information content (AvgIpc) is 3.35. The van der Waals surface area contributed by atoms with E-state index in [1.807, 2.05) is 13.8 Å². The fraction of sp³-hybridized carbons (Fsp3) is 0.150. The predicted octanol–water partition coefficient (Wildman–Crippen LogP) is 2.58. The second kappa shape index (κ2) is 8.69. The number of rotatable bonds is 7. The topological polar surface area (TPSA) is 145 Å². The Bertz CT molecular complexity index is 1320. The number of ether oxygens (including phenoxy) is 1. The lowest BCUT2D eigenvalue weighted by Gasteiger charge is -2.28. The first-order valence-corrected chi connectivity index (χ1v) is 11.8. The van der Waals surface area contributed by atoms with Crippen LogP contribution in [-0.2, 0) is 14.9 Å². The Morgan fingerprint density at radius 2 is 1.91 bits per heavy atom. The van der Waals surface area contributed by atoms with Crippen LogP contribution in [0, 0.1) is 13.8 Å². The molecule has 3 aromatic rings. The maximum Gasteiger partial charge on any atom is 0.341 e. The van der Waals surface area contributed by atoms with Gasteiger partial charge in [0.2, 0.25) is 5.13 Å². The van der Waals surface area contributed by atoms with Crippen LogP contribution in [0.5, 0.6) is 5.75 Å². The Hall–Kier alpha value is -3.68. The van der Waals surface area contributed by atoms with Crippen molar-refractivity contribution in [2.24, 2.45) is 5.10 Å². The Kier molecular flexibility index (Phi) is 5.93. The van der Waals surface area contributed by atoms with Crippen molar-refractivity contribution in [1.82, 2.24) is 10.5 Å². The fourth-order valence-corrected chi connectivity index (χ4v) is 4.38. The smallest absolute Gasteiger partial charge is 0.341 e. The zero-order valence-electron chi connectivity index (χ0n) is 17.5. The summed E-state index contributed by atoms with van der Waals surface area (Å²) in [4.78, 5) is 16.2. The molecule has 0 fully saturated rings. The van der Waals surface area contributed by atoms with Crippen LogP contribution in [0.15, 0.2) is 58.5 Å². The third-order valence-electron chi connectivity index (χ3n) is 4.68. The van der Waals surface area contributed by atoms with Gasteiger partial charge in [0, 0.05) is 10.4 Å². The Balaban J connectivity index is 1.72. The van der Waals surface area contributed by atoms with Gasteiger partial charge in [0.15, 0.2) is 12.4 Å². The third kappa shape index (κ3) is 4.74. The van der Waals surface area contributed by atoms with E-state index in [-0.39, 0.29) is 4.90 Å². The first kappa shape index (κ1) is 22.5. The number of aromatic nitrogens is 1. The number of aryl methyl sites for hydroxylation is 2. The number of nitrogens with one attached hydrogen (secondary N) is 1. The molecule has 1 aliphatic rings.